The lowest BCUT2D eigenvalue weighted by atomic mass is 10.1. The van der Waals surface area contributed by atoms with Crippen molar-refractivity contribution in [1.82, 2.24) is 9.78 Å². The summed E-state index contributed by atoms with van der Waals surface area (Å²) in [6.45, 7) is 3.70. The standard InChI is InChI=1S/C18H22N2O4/c1-11-16(12(2)20(3)19-11)14(21)9-7-13-8-10-15(22-4)18(24-6)17(13)23-5/h7-10H,1-6H3/b9-7-. The molecule has 0 aliphatic carbocycles. The third-order valence-electron chi connectivity index (χ3n) is 3.90. The number of hydrogen-bond acceptors (Lipinski definition) is 5. The third kappa shape index (κ3) is 3.13. The van der Waals surface area contributed by atoms with Gasteiger partial charge in [-0.15, -0.1) is 0 Å². The molecule has 6 heteroatoms. The van der Waals surface area contributed by atoms with Gasteiger partial charge >= 0.3 is 0 Å². The minimum Gasteiger partial charge on any atom is -0.493 e. The van der Waals surface area contributed by atoms with E-state index < -0.39 is 0 Å². The second-order valence-electron chi connectivity index (χ2n) is 5.29. The van der Waals surface area contributed by atoms with Gasteiger partial charge in [0, 0.05) is 18.3 Å². The Kier molecular flexibility index (Phi) is 5.28. The highest BCUT2D eigenvalue weighted by atomic mass is 16.5. The SMILES string of the molecule is COc1ccc(/C=C\C(=O)c2c(C)nn(C)c2C)c(OC)c1OC. The largest absolute Gasteiger partial charge is 0.493 e. The normalized spacial score (nSPS) is 10.9. The summed E-state index contributed by atoms with van der Waals surface area (Å²) in [6.07, 6.45) is 3.22. The number of ketones is 1. The molecule has 0 fully saturated rings. The first-order chi connectivity index (χ1) is 11.4. The predicted octanol–water partition coefficient (Wildman–Crippen LogP) is 2.96. The second kappa shape index (κ2) is 7.21. The summed E-state index contributed by atoms with van der Waals surface area (Å²) in [5.41, 5.74) is 2.89. The summed E-state index contributed by atoms with van der Waals surface area (Å²) >= 11 is 0. The van der Waals surface area contributed by atoms with Crippen LogP contribution in [0.5, 0.6) is 17.2 Å². The summed E-state index contributed by atoms with van der Waals surface area (Å²) < 4.78 is 17.7. The molecule has 0 saturated heterocycles. The molecule has 128 valence electrons. The molecule has 0 radical (unpaired) electrons. The van der Waals surface area contributed by atoms with E-state index in [0.717, 1.165) is 11.3 Å². The van der Waals surface area contributed by atoms with Crippen molar-refractivity contribution in [2.75, 3.05) is 21.3 Å². The molecule has 0 spiro atoms. The molecule has 0 amide bonds. The van der Waals surface area contributed by atoms with Gasteiger partial charge in [0.2, 0.25) is 5.75 Å². The number of ether oxygens (including phenoxy) is 3. The fraction of sp³-hybridized carbons (Fsp3) is 0.333. The van der Waals surface area contributed by atoms with Crippen LogP contribution in [0.25, 0.3) is 6.08 Å². The molecular weight excluding hydrogens is 308 g/mol. The number of nitrogens with zero attached hydrogens (tertiary/aromatic N) is 2. The van der Waals surface area contributed by atoms with Gasteiger partial charge in [0.1, 0.15) is 0 Å². The highest BCUT2D eigenvalue weighted by Gasteiger charge is 2.17. The monoisotopic (exact) mass is 330 g/mol. The number of aromatic nitrogens is 2. The molecular formula is C18H22N2O4. The van der Waals surface area contributed by atoms with Gasteiger partial charge in [0.05, 0.1) is 32.6 Å². The number of carbonyl (C=O) groups is 1. The van der Waals surface area contributed by atoms with E-state index in [1.54, 1.807) is 38.2 Å². The average Bonchev–Trinajstić information content (AvgIpc) is 2.83. The van der Waals surface area contributed by atoms with Crippen molar-refractivity contribution in [2.45, 2.75) is 13.8 Å². The van der Waals surface area contributed by atoms with Gasteiger partial charge in [0.15, 0.2) is 17.3 Å². The third-order valence-corrected chi connectivity index (χ3v) is 3.90. The molecule has 0 atom stereocenters. The average molecular weight is 330 g/mol. The van der Waals surface area contributed by atoms with Gasteiger partial charge < -0.3 is 14.2 Å². The Morgan fingerprint density at radius 2 is 1.75 bits per heavy atom. The van der Waals surface area contributed by atoms with Crippen LogP contribution in [0.4, 0.5) is 0 Å². The molecule has 1 aromatic heterocycles. The fourth-order valence-corrected chi connectivity index (χ4v) is 2.63. The topological polar surface area (TPSA) is 62.6 Å². The Hall–Kier alpha value is -2.76. The molecule has 0 bridgehead atoms. The Morgan fingerprint density at radius 3 is 2.25 bits per heavy atom. The minimum absolute atomic E-state index is 0.102. The summed E-state index contributed by atoms with van der Waals surface area (Å²) in [5, 5.41) is 4.27. The number of carbonyl (C=O) groups excluding carboxylic acids is 1. The van der Waals surface area contributed by atoms with E-state index in [-0.39, 0.29) is 5.78 Å². The first-order valence-corrected chi connectivity index (χ1v) is 7.46. The maximum absolute atomic E-state index is 12.5. The molecule has 2 rings (SSSR count). The first kappa shape index (κ1) is 17.6. The van der Waals surface area contributed by atoms with Gasteiger partial charge in [-0.2, -0.15) is 5.10 Å². The zero-order valence-corrected chi connectivity index (χ0v) is 14.8. The Bertz CT molecular complexity index is 791. The van der Waals surface area contributed by atoms with Crippen molar-refractivity contribution in [3.8, 4) is 17.2 Å². The van der Waals surface area contributed by atoms with Crippen LogP contribution in [0, 0.1) is 13.8 Å². The Morgan fingerprint density at radius 1 is 1.08 bits per heavy atom. The quantitative estimate of drug-likeness (QED) is 0.602. The summed E-state index contributed by atoms with van der Waals surface area (Å²) in [7, 11) is 6.47. The summed E-state index contributed by atoms with van der Waals surface area (Å²) in [4.78, 5) is 12.5. The zero-order valence-electron chi connectivity index (χ0n) is 14.8. The van der Waals surface area contributed by atoms with Crippen molar-refractivity contribution in [1.29, 1.82) is 0 Å². The minimum atomic E-state index is -0.102. The molecule has 1 heterocycles. The van der Waals surface area contributed by atoms with Crippen LogP contribution in [-0.2, 0) is 7.05 Å². The molecule has 1 aromatic carbocycles. The van der Waals surface area contributed by atoms with E-state index >= 15 is 0 Å². The molecule has 0 saturated carbocycles. The number of aryl methyl sites for hydroxylation is 2. The molecule has 24 heavy (non-hydrogen) atoms. The van der Waals surface area contributed by atoms with E-state index in [4.69, 9.17) is 14.2 Å². The lowest BCUT2D eigenvalue weighted by Gasteiger charge is -2.13. The Balaban J connectivity index is 2.40. The van der Waals surface area contributed by atoms with Crippen LogP contribution in [0.15, 0.2) is 18.2 Å². The van der Waals surface area contributed by atoms with Crippen molar-refractivity contribution in [3.63, 3.8) is 0 Å². The predicted molar refractivity (Wildman–Crippen MR) is 92.1 cm³/mol. The number of benzene rings is 1. The molecule has 0 unspecified atom stereocenters. The van der Waals surface area contributed by atoms with E-state index in [1.165, 1.54) is 6.08 Å². The van der Waals surface area contributed by atoms with Crippen molar-refractivity contribution in [3.05, 3.63) is 40.7 Å². The molecule has 0 N–H and O–H groups in total. The van der Waals surface area contributed by atoms with Crippen molar-refractivity contribution >= 4 is 11.9 Å². The molecule has 6 nitrogen and oxygen atoms in total. The highest BCUT2D eigenvalue weighted by Crippen LogP contribution is 2.40. The van der Waals surface area contributed by atoms with Crippen LogP contribution in [0.1, 0.15) is 27.3 Å². The molecule has 0 aliphatic heterocycles. The highest BCUT2D eigenvalue weighted by molar-refractivity contribution is 6.08. The molecule has 0 aliphatic rings. The van der Waals surface area contributed by atoms with Crippen molar-refractivity contribution in [2.24, 2.45) is 7.05 Å². The van der Waals surface area contributed by atoms with Gasteiger partial charge in [-0.1, -0.05) is 0 Å². The zero-order chi connectivity index (χ0) is 17.9. The number of hydrogen-bond donors (Lipinski definition) is 0. The van der Waals surface area contributed by atoms with Gasteiger partial charge in [0.25, 0.3) is 0 Å². The van der Waals surface area contributed by atoms with Crippen LogP contribution >= 0.6 is 0 Å². The van der Waals surface area contributed by atoms with Gasteiger partial charge in [-0.05, 0) is 38.1 Å². The first-order valence-electron chi connectivity index (χ1n) is 7.46. The maximum atomic E-state index is 12.5. The maximum Gasteiger partial charge on any atom is 0.203 e. The molecule has 2 aromatic rings. The van der Waals surface area contributed by atoms with E-state index in [0.29, 0.717) is 28.5 Å². The van der Waals surface area contributed by atoms with Crippen molar-refractivity contribution < 1.29 is 19.0 Å². The van der Waals surface area contributed by atoms with Crippen LogP contribution in [0.3, 0.4) is 0 Å². The van der Waals surface area contributed by atoms with E-state index in [1.807, 2.05) is 27.0 Å². The lowest BCUT2D eigenvalue weighted by Crippen LogP contribution is -2.00. The van der Waals surface area contributed by atoms with Crippen LogP contribution in [0.2, 0.25) is 0 Å². The number of allylic oxidation sites excluding steroid dienone is 1. The van der Waals surface area contributed by atoms with Crippen LogP contribution < -0.4 is 14.2 Å². The fourth-order valence-electron chi connectivity index (χ4n) is 2.63. The summed E-state index contributed by atoms with van der Waals surface area (Å²) in [5.74, 6) is 1.47. The number of rotatable bonds is 6. The van der Waals surface area contributed by atoms with E-state index in [9.17, 15) is 4.79 Å². The number of methoxy groups -OCH3 is 3. The van der Waals surface area contributed by atoms with Crippen LogP contribution in [-0.4, -0.2) is 36.9 Å². The smallest absolute Gasteiger partial charge is 0.203 e. The summed E-state index contributed by atoms with van der Waals surface area (Å²) in [6, 6.07) is 3.58. The van der Waals surface area contributed by atoms with Gasteiger partial charge in [-0.3, -0.25) is 9.48 Å². The lowest BCUT2D eigenvalue weighted by molar-refractivity contribution is 0.104. The Labute approximate surface area is 141 Å². The van der Waals surface area contributed by atoms with E-state index in [2.05, 4.69) is 5.10 Å². The van der Waals surface area contributed by atoms with Gasteiger partial charge in [-0.25, -0.2) is 0 Å². The second-order valence-corrected chi connectivity index (χ2v) is 5.29.